The quantitative estimate of drug-likeness (QED) is 0.0735. The lowest BCUT2D eigenvalue weighted by atomic mass is 9.85. The van der Waals surface area contributed by atoms with Gasteiger partial charge in [0.2, 0.25) is 17.7 Å². The topological polar surface area (TPSA) is 204 Å². The van der Waals surface area contributed by atoms with Gasteiger partial charge in [0.1, 0.15) is 41.5 Å². The molecule has 67 heavy (non-hydrogen) atoms. The first kappa shape index (κ1) is 48.6. The van der Waals surface area contributed by atoms with Crippen molar-refractivity contribution in [3.8, 4) is 27.6 Å². The second-order valence-corrected chi connectivity index (χ2v) is 19.0. The molecule has 16 nitrogen and oxygen atoms in total. The number of amides is 4. The van der Waals surface area contributed by atoms with Crippen LogP contribution < -0.4 is 25.6 Å². The second-order valence-electron chi connectivity index (χ2n) is 18.1. The highest BCUT2D eigenvalue weighted by atomic mass is 32.1. The van der Waals surface area contributed by atoms with Gasteiger partial charge in [0.05, 0.1) is 52.8 Å². The summed E-state index contributed by atoms with van der Waals surface area (Å²) in [6, 6.07) is 16.9. The van der Waals surface area contributed by atoms with Gasteiger partial charge in [0.25, 0.3) is 12.3 Å². The lowest BCUT2D eigenvalue weighted by Crippen LogP contribution is -2.58. The van der Waals surface area contributed by atoms with Gasteiger partial charge in [0.15, 0.2) is 0 Å². The molecule has 2 aliphatic rings. The number of methoxy groups -OCH3 is 1. The molecule has 2 saturated heterocycles. The first-order chi connectivity index (χ1) is 31.9. The monoisotopic (exact) mass is 941 g/mol. The Morgan fingerprint density at radius 3 is 2.43 bits per heavy atom. The van der Waals surface area contributed by atoms with Crippen LogP contribution >= 0.6 is 11.3 Å². The highest BCUT2D eigenvalue weighted by Crippen LogP contribution is 2.35. The number of alkyl halides is 2. The molecule has 5 N–H and O–H groups in total. The van der Waals surface area contributed by atoms with Gasteiger partial charge in [-0.3, -0.25) is 24.3 Å². The van der Waals surface area contributed by atoms with E-state index >= 15 is 0 Å². The summed E-state index contributed by atoms with van der Waals surface area (Å²) in [5, 5.41) is 25.6. The Bertz CT molecular complexity index is 2560. The molecule has 356 valence electrons. The van der Waals surface area contributed by atoms with Crippen molar-refractivity contribution >= 4 is 46.3 Å². The van der Waals surface area contributed by atoms with Crippen LogP contribution in [0.4, 0.5) is 20.2 Å². The summed E-state index contributed by atoms with van der Waals surface area (Å²) < 4.78 is 37.9. The number of aliphatic hydroxyl groups excluding tert-OH is 1. The minimum Gasteiger partial charge on any atom is -0.494 e. The Morgan fingerprint density at radius 1 is 1.01 bits per heavy atom. The number of benzene rings is 2. The van der Waals surface area contributed by atoms with E-state index in [-0.39, 0.29) is 66.4 Å². The highest BCUT2D eigenvalue weighted by Gasteiger charge is 2.45. The van der Waals surface area contributed by atoms with E-state index in [2.05, 4.69) is 41.0 Å². The van der Waals surface area contributed by atoms with Crippen molar-refractivity contribution in [2.24, 2.45) is 5.41 Å². The van der Waals surface area contributed by atoms with Crippen LogP contribution in [0.5, 0.6) is 5.75 Å². The Balaban J connectivity index is 0.912. The number of nitrogens with zero attached hydrogens (tertiary/aromatic N) is 5. The third-order valence-corrected chi connectivity index (χ3v) is 13.2. The molecule has 0 radical (unpaired) electrons. The molecule has 5 heterocycles. The van der Waals surface area contributed by atoms with E-state index < -0.39 is 47.7 Å². The first-order valence-corrected chi connectivity index (χ1v) is 23.0. The van der Waals surface area contributed by atoms with Crippen molar-refractivity contribution in [2.45, 2.75) is 104 Å². The number of β-amino-alcohol motifs (C(OH)–C–C–N with tert-alkyl or cyclic N) is 1. The fraction of sp³-hybridized carbons (Fsp3) is 0.438. The van der Waals surface area contributed by atoms with Gasteiger partial charge < -0.3 is 40.3 Å². The molecule has 19 heteroatoms. The fourth-order valence-corrected chi connectivity index (χ4v) is 9.32. The predicted molar refractivity (Wildman–Crippen MR) is 250 cm³/mol. The lowest BCUT2D eigenvalue weighted by Gasteiger charge is -2.39. The minimum absolute atomic E-state index is 0.00442. The number of aliphatic hydroxyl groups is 1. The lowest BCUT2D eigenvalue weighted by molar-refractivity contribution is -0.145. The number of pyridine rings is 1. The van der Waals surface area contributed by atoms with Crippen molar-refractivity contribution in [3.63, 3.8) is 0 Å². The number of nitrogens with one attached hydrogen (secondary N) is 4. The van der Waals surface area contributed by atoms with E-state index in [9.17, 15) is 33.1 Å². The number of rotatable bonds is 15. The second kappa shape index (κ2) is 20.7. The molecule has 6 atom stereocenters. The van der Waals surface area contributed by atoms with Crippen LogP contribution in [-0.4, -0.2) is 111 Å². The molecule has 0 bridgehead atoms. The summed E-state index contributed by atoms with van der Waals surface area (Å²) in [6.07, 6.45) is -2.59. The van der Waals surface area contributed by atoms with Gasteiger partial charge in [-0.1, -0.05) is 51.1 Å². The van der Waals surface area contributed by atoms with E-state index in [0.717, 1.165) is 27.4 Å². The zero-order chi connectivity index (χ0) is 48.2. The Morgan fingerprint density at radius 2 is 1.78 bits per heavy atom. The van der Waals surface area contributed by atoms with E-state index in [4.69, 9.17) is 9.47 Å². The molecule has 7 rings (SSSR count). The van der Waals surface area contributed by atoms with Crippen LogP contribution in [0.2, 0.25) is 0 Å². The van der Waals surface area contributed by atoms with Gasteiger partial charge in [0, 0.05) is 37.3 Å². The SMILES string of the molecule is COc1cc(N2CC[C@H](OCC(=O)N[C@H](C(=O)N3C[C@H](O)C[C@H]3C(=O)N[C@@H](C)c3ccc(-c4scnc4C)cc3)C(C)(C)C)C[C@@H]2C)ccc1NC(=O)c1cccc(-c2cc(C(F)F)[nH]n2)n1. The zero-order valence-corrected chi connectivity index (χ0v) is 39.3. The minimum atomic E-state index is -2.72. The molecule has 2 aliphatic heterocycles. The van der Waals surface area contributed by atoms with Crippen LogP contribution in [0.3, 0.4) is 0 Å². The number of anilines is 2. The smallest absolute Gasteiger partial charge is 0.279 e. The normalized spacial score (nSPS) is 19.5. The van der Waals surface area contributed by atoms with Crippen LogP contribution in [0.15, 0.2) is 72.2 Å². The maximum atomic E-state index is 14.2. The van der Waals surface area contributed by atoms with Crippen molar-refractivity contribution in [1.82, 2.24) is 35.7 Å². The van der Waals surface area contributed by atoms with Crippen LogP contribution in [0, 0.1) is 12.3 Å². The maximum absolute atomic E-state index is 14.2. The molecule has 0 saturated carbocycles. The largest absolute Gasteiger partial charge is 0.494 e. The van der Waals surface area contributed by atoms with Gasteiger partial charge >= 0.3 is 0 Å². The predicted octanol–water partition coefficient (Wildman–Crippen LogP) is 6.85. The molecule has 5 aromatic rings. The van der Waals surface area contributed by atoms with Crippen molar-refractivity contribution in [2.75, 3.05) is 37.0 Å². The number of H-pyrrole nitrogens is 1. The molecule has 4 amide bonds. The Kier molecular flexibility index (Phi) is 15.0. The molecule has 0 unspecified atom stereocenters. The summed E-state index contributed by atoms with van der Waals surface area (Å²) >= 11 is 1.56. The number of likely N-dealkylation sites (tertiary alicyclic amines) is 1. The molecule has 2 fully saturated rings. The van der Waals surface area contributed by atoms with E-state index in [0.29, 0.717) is 30.8 Å². The van der Waals surface area contributed by atoms with Gasteiger partial charge in [-0.15, -0.1) is 11.3 Å². The highest BCUT2D eigenvalue weighted by molar-refractivity contribution is 7.13. The summed E-state index contributed by atoms with van der Waals surface area (Å²) in [5.74, 6) is -1.43. The van der Waals surface area contributed by atoms with E-state index in [1.54, 1.807) is 29.5 Å². The molecule has 0 aliphatic carbocycles. The number of thiazole rings is 1. The third-order valence-electron chi connectivity index (χ3n) is 12.2. The number of ether oxygens (including phenoxy) is 2. The summed E-state index contributed by atoms with van der Waals surface area (Å²) in [5.41, 5.74) is 5.35. The van der Waals surface area contributed by atoms with E-state index in [1.807, 2.05) is 83.5 Å². The average molecular weight is 942 g/mol. The molecular weight excluding hydrogens is 885 g/mol. The van der Waals surface area contributed by atoms with E-state index in [1.165, 1.54) is 24.1 Å². The number of carbonyl (C=O) groups excluding carboxylic acids is 4. The summed E-state index contributed by atoms with van der Waals surface area (Å²) in [4.78, 5) is 68.0. The number of hydrogen-bond acceptors (Lipinski definition) is 12. The van der Waals surface area contributed by atoms with Gasteiger partial charge in [-0.2, -0.15) is 5.10 Å². The number of aryl methyl sites for hydroxylation is 1. The number of piperidine rings is 1. The average Bonchev–Trinajstić information content (AvgIpc) is 4.08. The fourth-order valence-electron chi connectivity index (χ4n) is 8.51. The number of aromatic amines is 1. The van der Waals surface area contributed by atoms with Gasteiger partial charge in [-0.25, -0.2) is 18.7 Å². The Hall–Kier alpha value is -6.31. The van der Waals surface area contributed by atoms with Crippen molar-refractivity contribution < 1.29 is 42.5 Å². The number of aromatic nitrogens is 4. The first-order valence-electron chi connectivity index (χ1n) is 22.2. The zero-order valence-electron chi connectivity index (χ0n) is 38.5. The maximum Gasteiger partial charge on any atom is 0.279 e. The van der Waals surface area contributed by atoms with Crippen LogP contribution in [-0.2, 0) is 19.1 Å². The number of hydrogen-bond donors (Lipinski definition) is 5. The third kappa shape index (κ3) is 11.5. The van der Waals surface area contributed by atoms with Crippen LogP contribution in [0.1, 0.15) is 93.8 Å². The molecule has 3 aromatic heterocycles. The number of carbonyl (C=O) groups is 4. The summed E-state index contributed by atoms with van der Waals surface area (Å²) in [7, 11) is 1.50. The Labute approximate surface area is 391 Å². The van der Waals surface area contributed by atoms with Gasteiger partial charge in [-0.05, 0) is 80.5 Å². The number of halogens is 2. The summed E-state index contributed by atoms with van der Waals surface area (Å²) in [6.45, 7) is 11.7. The molecular formula is C48H57F2N9O7S. The van der Waals surface area contributed by atoms with Crippen LogP contribution in [0.25, 0.3) is 21.8 Å². The molecule has 2 aromatic carbocycles. The van der Waals surface area contributed by atoms with Crippen molar-refractivity contribution in [3.05, 3.63) is 94.9 Å². The standard InChI is InChI=1S/C48H57F2N9O7S/c1-26-19-33(17-18-58(26)31-15-16-35(40(20-31)65-7)54-45(62)36-10-8-9-34(53-36)37-22-38(44(49)50)57-56-37)66-24-41(61)55-43(48(4,5)6)47(64)59-23-32(60)21-39(59)46(63)52-27(2)29-11-13-30(14-12-29)42-28(3)51-25-67-42/h8-16,20,22,25-27,32-33,39,43-44,60H,17-19,21,23-24H2,1-7H3,(H,52,63)(H,54,62)(H,55,61)(H,56,57)/t26-,27-,32+,33-,39-,43+/m0/s1. The molecule has 0 spiro atoms. The van der Waals surface area contributed by atoms with Crippen molar-refractivity contribution in [1.29, 1.82) is 0 Å².